The Hall–Kier alpha value is -0.970. The van der Waals surface area contributed by atoms with E-state index in [-0.39, 0.29) is 0 Å². The SMILES string of the molecule is Cc1cc(C#CCCCCN)c(C)cc1Cl. The van der Waals surface area contributed by atoms with Crippen LogP contribution < -0.4 is 5.73 Å². The van der Waals surface area contributed by atoms with Crippen molar-refractivity contribution in [1.29, 1.82) is 0 Å². The summed E-state index contributed by atoms with van der Waals surface area (Å²) in [5.41, 5.74) is 8.72. The molecule has 0 unspecified atom stereocenters. The quantitative estimate of drug-likeness (QED) is 0.631. The Morgan fingerprint density at radius 1 is 1.19 bits per heavy atom. The van der Waals surface area contributed by atoms with Gasteiger partial charge in [-0.05, 0) is 56.5 Å². The third-order valence-corrected chi connectivity index (χ3v) is 2.89. The van der Waals surface area contributed by atoms with Crippen molar-refractivity contribution in [2.75, 3.05) is 6.54 Å². The summed E-state index contributed by atoms with van der Waals surface area (Å²) in [4.78, 5) is 0. The molecular weight excluding hydrogens is 218 g/mol. The Kier molecular flexibility index (Phi) is 5.38. The van der Waals surface area contributed by atoms with Crippen molar-refractivity contribution < 1.29 is 0 Å². The topological polar surface area (TPSA) is 26.0 Å². The van der Waals surface area contributed by atoms with Crippen LogP contribution in [0.1, 0.15) is 36.0 Å². The molecule has 2 N–H and O–H groups in total. The molecule has 1 aromatic rings. The number of rotatable bonds is 3. The van der Waals surface area contributed by atoms with Crippen LogP contribution in [-0.4, -0.2) is 6.54 Å². The van der Waals surface area contributed by atoms with E-state index < -0.39 is 0 Å². The number of hydrogen-bond acceptors (Lipinski definition) is 1. The maximum absolute atomic E-state index is 6.03. The summed E-state index contributed by atoms with van der Waals surface area (Å²) in [6.45, 7) is 4.79. The smallest absolute Gasteiger partial charge is 0.0438 e. The van der Waals surface area contributed by atoms with E-state index in [9.17, 15) is 0 Å². The fourth-order valence-electron chi connectivity index (χ4n) is 1.43. The van der Waals surface area contributed by atoms with Gasteiger partial charge < -0.3 is 5.73 Å². The van der Waals surface area contributed by atoms with Crippen molar-refractivity contribution in [2.45, 2.75) is 33.1 Å². The fraction of sp³-hybridized carbons (Fsp3) is 0.429. The van der Waals surface area contributed by atoms with E-state index in [0.29, 0.717) is 0 Å². The number of hydrogen-bond donors (Lipinski definition) is 1. The van der Waals surface area contributed by atoms with E-state index in [1.54, 1.807) is 0 Å². The molecule has 0 aliphatic heterocycles. The second kappa shape index (κ2) is 6.58. The minimum absolute atomic E-state index is 0.751. The highest BCUT2D eigenvalue weighted by Crippen LogP contribution is 2.19. The van der Waals surface area contributed by atoms with Crippen molar-refractivity contribution >= 4 is 11.6 Å². The largest absolute Gasteiger partial charge is 0.330 e. The van der Waals surface area contributed by atoms with Gasteiger partial charge in [-0.1, -0.05) is 23.4 Å². The molecule has 1 nitrogen and oxygen atoms in total. The van der Waals surface area contributed by atoms with E-state index in [2.05, 4.69) is 11.8 Å². The minimum atomic E-state index is 0.751. The first-order valence-electron chi connectivity index (χ1n) is 5.61. The van der Waals surface area contributed by atoms with Crippen molar-refractivity contribution in [2.24, 2.45) is 5.73 Å². The molecule has 1 rings (SSSR count). The zero-order chi connectivity index (χ0) is 12.0. The minimum Gasteiger partial charge on any atom is -0.330 e. The van der Waals surface area contributed by atoms with Gasteiger partial charge in [0.2, 0.25) is 0 Å². The zero-order valence-corrected chi connectivity index (χ0v) is 10.7. The summed E-state index contributed by atoms with van der Waals surface area (Å²) in [7, 11) is 0. The van der Waals surface area contributed by atoms with E-state index in [1.807, 2.05) is 26.0 Å². The summed E-state index contributed by atoms with van der Waals surface area (Å²) in [5, 5.41) is 0.811. The standard InChI is InChI=1S/C14H18ClN/c1-11-10-14(15)12(2)9-13(11)7-5-3-4-6-8-16/h9-10H,3-4,6,8,16H2,1-2H3. The number of unbranched alkanes of at least 4 members (excludes halogenated alkanes) is 2. The van der Waals surface area contributed by atoms with Gasteiger partial charge in [-0.2, -0.15) is 0 Å². The first kappa shape index (κ1) is 13.1. The van der Waals surface area contributed by atoms with E-state index in [1.165, 1.54) is 0 Å². The average molecular weight is 236 g/mol. The van der Waals surface area contributed by atoms with Crippen LogP contribution in [-0.2, 0) is 0 Å². The number of halogens is 1. The molecule has 0 aliphatic rings. The lowest BCUT2D eigenvalue weighted by Gasteiger charge is -2.02. The molecule has 0 spiro atoms. The van der Waals surface area contributed by atoms with Crippen LogP contribution in [0.3, 0.4) is 0 Å². The van der Waals surface area contributed by atoms with E-state index in [0.717, 1.165) is 47.5 Å². The highest BCUT2D eigenvalue weighted by Gasteiger charge is 1.99. The van der Waals surface area contributed by atoms with Gasteiger partial charge in [0.25, 0.3) is 0 Å². The van der Waals surface area contributed by atoms with Gasteiger partial charge >= 0.3 is 0 Å². The molecule has 0 aliphatic carbocycles. The predicted molar refractivity (Wildman–Crippen MR) is 70.7 cm³/mol. The molecule has 0 bridgehead atoms. The zero-order valence-electron chi connectivity index (χ0n) is 9.94. The first-order chi connectivity index (χ1) is 7.65. The number of nitrogens with two attached hydrogens (primary N) is 1. The first-order valence-corrected chi connectivity index (χ1v) is 5.98. The highest BCUT2D eigenvalue weighted by atomic mass is 35.5. The molecule has 0 aromatic heterocycles. The highest BCUT2D eigenvalue weighted by molar-refractivity contribution is 6.31. The number of benzene rings is 1. The normalized spacial score (nSPS) is 9.75. The average Bonchev–Trinajstić information content (AvgIpc) is 2.25. The molecule has 0 fully saturated rings. The summed E-state index contributed by atoms with van der Waals surface area (Å²) >= 11 is 6.03. The monoisotopic (exact) mass is 235 g/mol. The third kappa shape index (κ3) is 3.89. The van der Waals surface area contributed by atoms with Crippen LogP contribution in [0.5, 0.6) is 0 Å². The van der Waals surface area contributed by atoms with Crippen LogP contribution in [0.4, 0.5) is 0 Å². The Bertz CT molecular complexity index is 413. The predicted octanol–water partition coefficient (Wildman–Crippen LogP) is 3.44. The van der Waals surface area contributed by atoms with Crippen LogP contribution in [0.25, 0.3) is 0 Å². The van der Waals surface area contributed by atoms with Crippen LogP contribution in [0.2, 0.25) is 5.02 Å². The molecular formula is C14H18ClN. The van der Waals surface area contributed by atoms with E-state index in [4.69, 9.17) is 17.3 Å². The van der Waals surface area contributed by atoms with Crippen LogP contribution >= 0.6 is 11.6 Å². The molecule has 0 saturated carbocycles. The second-order valence-electron chi connectivity index (χ2n) is 3.96. The van der Waals surface area contributed by atoms with Gasteiger partial charge in [0.05, 0.1) is 0 Å². The number of aryl methyl sites for hydroxylation is 2. The molecule has 1 aromatic carbocycles. The Balaban J connectivity index is 2.69. The lowest BCUT2D eigenvalue weighted by atomic mass is 10.1. The van der Waals surface area contributed by atoms with Gasteiger partial charge in [0.1, 0.15) is 0 Å². The molecule has 16 heavy (non-hydrogen) atoms. The lowest BCUT2D eigenvalue weighted by molar-refractivity contribution is 0.768. The van der Waals surface area contributed by atoms with Crippen molar-refractivity contribution in [3.8, 4) is 11.8 Å². The van der Waals surface area contributed by atoms with Crippen molar-refractivity contribution in [3.05, 3.63) is 33.8 Å². The maximum Gasteiger partial charge on any atom is 0.0438 e. The molecule has 0 amide bonds. The molecule has 2 heteroatoms. The van der Waals surface area contributed by atoms with Gasteiger partial charge in [0.15, 0.2) is 0 Å². The maximum atomic E-state index is 6.03. The summed E-state index contributed by atoms with van der Waals surface area (Å²) in [5.74, 6) is 6.37. The van der Waals surface area contributed by atoms with Gasteiger partial charge in [-0.3, -0.25) is 0 Å². The fourth-order valence-corrected chi connectivity index (χ4v) is 1.65. The summed E-state index contributed by atoms with van der Waals surface area (Å²) in [6.07, 6.45) is 3.04. The third-order valence-electron chi connectivity index (χ3n) is 2.48. The summed E-state index contributed by atoms with van der Waals surface area (Å²) in [6, 6.07) is 4.02. The summed E-state index contributed by atoms with van der Waals surface area (Å²) < 4.78 is 0. The van der Waals surface area contributed by atoms with Crippen LogP contribution in [0, 0.1) is 25.7 Å². The molecule has 0 atom stereocenters. The Morgan fingerprint density at radius 2 is 1.94 bits per heavy atom. The van der Waals surface area contributed by atoms with Crippen molar-refractivity contribution in [3.63, 3.8) is 0 Å². The molecule has 0 saturated heterocycles. The van der Waals surface area contributed by atoms with Crippen molar-refractivity contribution in [1.82, 2.24) is 0 Å². The second-order valence-corrected chi connectivity index (χ2v) is 4.37. The molecule has 0 heterocycles. The van der Waals surface area contributed by atoms with Gasteiger partial charge in [-0.25, -0.2) is 0 Å². The lowest BCUT2D eigenvalue weighted by Crippen LogP contribution is -1.97. The molecule has 0 radical (unpaired) electrons. The Labute approximate surface area is 103 Å². The van der Waals surface area contributed by atoms with E-state index >= 15 is 0 Å². The van der Waals surface area contributed by atoms with Crippen LogP contribution in [0.15, 0.2) is 12.1 Å². The molecule has 86 valence electrons. The van der Waals surface area contributed by atoms with Gasteiger partial charge in [-0.15, -0.1) is 0 Å². The Morgan fingerprint density at radius 3 is 2.62 bits per heavy atom. The van der Waals surface area contributed by atoms with Gasteiger partial charge in [0, 0.05) is 17.0 Å².